The van der Waals surface area contributed by atoms with E-state index in [0.717, 1.165) is 11.3 Å². The van der Waals surface area contributed by atoms with E-state index in [1.165, 1.54) is 0 Å². The summed E-state index contributed by atoms with van der Waals surface area (Å²) in [5.74, 6) is 0.725. The van der Waals surface area contributed by atoms with Crippen LogP contribution in [0, 0.1) is 5.41 Å². The zero-order valence-electron chi connectivity index (χ0n) is 8.42. The van der Waals surface area contributed by atoms with E-state index in [0.29, 0.717) is 12.2 Å². The minimum Gasteiger partial charge on any atom is -0.295 e. The number of carbonyl (C=O) groups excluding carboxylic acids is 1. The maximum Gasteiger partial charge on any atom is 0.157 e. The van der Waals surface area contributed by atoms with Crippen LogP contribution in [0.4, 0.5) is 0 Å². The van der Waals surface area contributed by atoms with Crippen molar-refractivity contribution < 1.29 is 9.00 Å². The summed E-state index contributed by atoms with van der Waals surface area (Å²) in [4.78, 5) is 12.1. The highest BCUT2D eigenvalue weighted by molar-refractivity contribution is 7.88. The number of hydrogen-bond acceptors (Lipinski definition) is 2. The van der Waals surface area contributed by atoms with Gasteiger partial charge in [0.15, 0.2) is 5.78 Å². The number of rotatable bonds is 2. The van der Waals surface area contributed by atoms with E-state index in [-0.39, 0.29) is 11.2 Å². The van der Waals surface area contributed by atoms with Gasteiger partial charge < -0.3 is 0 Å². The minimum absolute atomic E-state index is 0.00794. The van der Waals surface area contributed by atoms with Gasteiger partial charge in [0.2, 0.25) is 0 Å². The standard InChI is InChI=1S/C10H16O2S/c1-4-13(12)9-5-8(11)6-10(2,3)7-9/h5H,4,6-7H2,1-3H3. The van der Waals surface area contributed by atoms with Gasteiger partial charge in [-0.2, -0.15) is 0 Å². The Morgan fingerprint density at radius 3 is 2.54 bits per heavy atom. The Balaban J connectivity index is 2.87. The van der Waals surface area contributed by atoms with Crippen LogP contribution < -0.4 is 0 Å². The van der Waals surface area contributed by atoms with Gasteiger partial charge in [0.05, 0.1) is 0 Å². The Kier molecular flexibility index (Phi) is 3.06. The first-order valence-corrected chi connectivity index (χ1v) is 5.88. The highest BCUT2D eigenvalue weighted by atomic mass is 32.2. The van der Waals surface area contributed by atoms with Crippen molar-refractivity contribution in [3.63, 3.8) is 0 Å². The lowest BCUT2D eigenvalue weighted by atomic mass is 9.80. The van der Waals surface area contributed by atoms with Gasteiger partial charge in [-0.3, -0.25) is 9.00 Å². The summed E-state index contributed by atoms with van der Waals surface area (Å²) < 4.78 is 11.5. The third-order valence-electron chi connectivity index (χ3n) is 2.18. The maximum absolute atomic E-state index is 11.5. The Morgan fingerprint density at radius 2 is 2.08 bits per heavy atom. The number of allylic oxidation sites excluding steroid dienone is 2. The molecule has 1 atom stereocenters. The Labute approximate surface area is 81.9 Å². The molecule has 0 heterocycles. The van der Waals surface area contributed by atoms with Crippen LogP contribution in [-0.4, -0.2) is 15.7 Å². The second kappa shape index (κ2) is 3.74. The molecule has 0 aliphatic heterocycles. The fourth-order valence-corrected chi connectivity index (χ4v) is 2.80. The van der Waals surface area contributed by atoms with Crippen molar-refractivity contribution in [1.29, 1.82) is 0 Å². The van der Waals surface area contributed by atoms with Crippen LogP contribution in [0.25, 0.3) is 0 Å². The minimum atomic E-state index is -0.940. The third-order valence-corrected chi connectivity index (χ3v) is 3.55. The summed E-state index contributed by atoms with van der Waals surface area (Å²) in [6.45, 7) is 5.97. The molecular weight excluding hydrogens is 184 g/mol. The van der Waals surface area contributed by atoms with Gasteiger partial charge in [0.1, 0.15) is 0 Å². The zero-order chi connectivity index (χ0) is 10.1. The van der Waals surface area contributed by atoms with E-state index in [4.69, 9.17) is 0 Å². The number of ketones is 1. The normalized spacial score (nSPS) is 23.9. The maximum atomic E-state index is 11.5. The quantitative estimate of drug-likeness (QED) is 0.683. The van der Waals surface area contributed by atoms with Gasteiger partial charge in [0.25, 0.3) is 0 Å². The lowest BCUT2D eigenvalue weighted by Crippen LogP contribution is -2.23. The van der Waals surface area contributed by atoms with Crippen molar-refractivity contribution in [3.05, 3.63) is 11.0 Å². The molecule has 0 radical (unpaired) electrons. The molecule has 0 aromatic rings. The van der Waals surface area contributed by atoms with Crippen molar-refractivity contribution in [1.82, 2.24) is 0 Å². The van der Waals surface area contributed by atoms with Crippen molar-refractivity contribution in [2.24, 2.45) is 5.41 Å². The number of hydrogen-bond donors (Lipinski definition) is 0. The zero-order valence-corrected chi connectivity index (χ0v) is 9.24. The molecule has 0 aromatic carbocycles. The first-order chi connectivity index (χ1) is 5.94. The second-order valence-electron chi connectivity index (χ2n) is 4.23. The van der Waals surface area contributed by atoms with Gasteiger partial charge in [-0.25, -0.2) is 0 Å². The molecule has 2 nitrogen and oxygen atoms in total. The van der Waals surface area contributed by atoms with Gasteiger partial charge in [-0.05, 0) is 17.9 Å². The van der Waals surface area contributed by atoms with Crippen LogP contribution >= 0.6 is 0 Å². The molecule has 3 heteroatoms. The van der Waals surface area contributed by atoms with E-state index >= 15 is 0 Å². The Morgan fingerprint density at radius 1 is 1.46 bits per heavy atom. The van der Waals surface area contributed by atoms with Crippen LogP contribution in [0.1, 0.15) is 33.6 Å². The van der Waals surface area contributed by atoms with Gasteiger partial charge >= 0.3 is 0 Å². The summed E-state index contributed by atoms with van der Waals surface area (Å²) in [7, 11) is -0.940. The van der Waals surface area contributed by atoms with Crippen LogP contribution in [0.15, 0.2) is 11.0 Å². The molecule has 0 saturated carbocycles. The predicted octanol–water partition coefficient (Wildman–Crippen LogP) is 2.03. The van der Waals surface area contributed by atoms with E-state index in [1.807, 2.05) is 20.8 Å². The fraction of sp³-hybridized carbons (Fsp3) is 0.700. The molecule has 1 rings (SSSR count). The lowest BCUT2D eigenvalue weighted by molar-refractivity contribution is -0.116. The predicted molar refractivity (Wildman–Crippen MR) is 54.8 cm³/mol. The molecule has 0 aromatic heterocycles. The molecule has 0 saturated heterocycles. The highest BCUT2D eigenvalue weighted by Crippen LogP contribution is 2.34. The van der Waals surface area contributed by atoms with E-state index in [1.54, 1.807) is 6.08 Å². The fourth-order valence-electron chi connectivity index (χ4n) is 1.62. The van der Waals surface area contributed by atoms with Gasteiger partial charge in [0, 0.05) is 27.9 Å². The average Bonchev–Trinajstić information content (AvgIpc) is 1.99. The van der Waals surface area contributed by atoms with Crippen molar-refractivity contribution in [2.75, 3.05) is 5.75 Å². The molecule has 13 heavy (non-hydrogen) atoms. The molecule has 74 valence electrons. The van der Waals surface area contributed by atoms with Crippen LogP contribution in [-0.2, 0) is 15.6 Å². The Hall–Kier alpha value is -0.440. The monoisotopic (exact) mass is 200 g/mol. The van der Waals surface area contributed by atoms with Crippen molar-refractivity contribution in [2.45, 2.75) is 33.6 Å². The van der Waals surface area contributed by atoms with Crippen LogP contribution in [0.2, 0.25) is 0 Å². The van der Waals surface area contributed by atoms with Crippen LogP contribution in [0.3, 0.4) is 0 Å². The van der Waals surface area contributed by atoms with Gasteiger partial charge in [-0.1, -0.05) is 20.8 Å². The number of carbonyl (C=O) groups is 1. The summed E-state index contributed by atoms with van der Waals surface area (Å²) in [6.07, 6.45) is 2.95. The molecule has 0 fully saturated rings. The van der Waals surface area contributed by atoms with E-state index in [2.05, 4.69) is 0 Å². The Bertz CT molecular complexity index is 277. The summed E-state index contributed by atoms with van der Waals surface area (Å²) in [5.41, 5.74) is -0.00794. The van der Waals surface area contributed by atoms with Crippen molar-refractivity contribution in [3.8, 4) is 0 Å². The van der Waals surface area contributed by atoms with Gasteiger partial charge in [-0.15, -0.1) is 0 Å². The molecule has 0 amide bonds. The SMILES string of the molecule is CCS(=O)C1=CC(=O)CC(C)(C)C1. The average molecular weight is 200 g/mol. The lowest BCUT2D eigenvalue weighted by Gasteiger charge is -2.28. The summed E-state index contributed by atoms with van der Waals surface area (Å²) in [6, 6.07) is 0. The highest BCUT2D eigenvalue weighted by Gasteiger charge is 2.29. The largest absolute Gasteiger partial charge is 0.295 e. The molecule has 0 N–H and O–H groups in total. The molecule has 0 bridgehead atoms. The molecular formula is C10H16O2S. The smallest absolute Gasteiger partial charge is 0.157 e. The van der Waals surface area contributed by atoms with Crippen molar-refractivity contribution >= 4 is 16.6 Å². The first-order valence-electron chi connectivity index (χ1n) is 4.56. The second-order valence-corrected chi connectivity index (χ2v) is 6.02. The summed E-state index contributed by atoms with van der Waals surface area (Å²) in [5, 5.41) is 0. The molecule has 1 aliphatic rings. The summed E-state index contributed by atoms with van der Waals surface area (Å²) >= 11 is 0. The molecule has 1 aliphatic carbocycles. The van der Waals surface area contributed by atoms with E-state index < -0.39 is 10.8 Å². The molecule has 1 unspecified atom stereocenters. The first kappa shape index (κ1) is 10.6. The topological polar surface area (TPSA) is 34.1 Å². The molecule has 0 spiro atoms. The van der Waals surface area contributed by atoms with E-state index in [9.17, 15) is 9.00 Å². The third kappa shape index (κ3) is 2.76. The van der Waals surface area contributed by atoms with Crippen LogP contribution in [0.5, 0.6) is 0 Å².